The number of benzene rings is 1. The number of aryl methyl sites for hydroxylation is 1. The van der Waals surface area contributed by atoms with Crippen LogP contribution in [0.1, 0.15) is 61.5 Å². The van der Waals surface area contributed by atoms with Gasteiger partial charge in [-0.15, -0.1) is 0 Å². The van der Waals surface area contributed by atoms with Crippen LogP contribution in [0, 0.1) is 11.3 Å². The summed E-state index contributed by atoms with van der Waals surface area (Å²) in [5, 5.41) is 19.3. The largest absolute Gasteiger partial charge is 0.507 e. The van der Waals surface area contributed by atoms with Crippen LogP contribution in [0.2, 0.25) is 0 Å². The normalized spacial score (nSPS) is 29.6. The van der Waals surface area contributed by atoms with Crippen molar-refractivity contribution < 1.29 is 19.8 Å². The Morgan fingerprint density at radius 1 is 1.23 bits per heavy atom. The third-order valence-corrected chi connectivity index (χ3v) is 6.00. The van der Waals surface area contributed by atoms with E-state index in [1.807, 2.05) is 13.8 Å². The van der Waals surface area contributed by atoms with Gasteiger partial charge in [0.25, 0.3) is 0 Å². The molecule has 0 saturated heterocycles. The molecule has 22 heavy (non-hydrogen) atoms. The summed E-state index contributed by atoms with van der Waals surface area (Å²) in [6.07, 6.45) is 2.94. The van der Waals surface area contributed by atoms with Crippen molar-refractivity contribution in [2.45, 2.75) is 51.9 Å². The van der Waals surface area contributed by atoms with Crippen LogP contribution in [-0.4, -0.2) is 22.0 Å². The number of fused-ring (bicyclic) bond motifs is 3. The van der Waals surface area contributed by atoms with Gasteiger partial charge in [-0.05, 0) is 53.9 Å². The second-order valence-electron chi connectivity index (χ2n) is 7.49. The number of hydrogen-bond donors (Lipinski definition) is 2. The summed E-state index contributed by atoms with van der Waals surface area (Å²) in [7, 11) is 0. The van der Waals surface area contributed by atoms with Gasteiger partial charge in [-0.1, -0.05) is 20.8 Å². The first-order valence-electron chi connectivity index (χ1n) is 7.81. The molecule has 1 aromatic carbocycles. The van der Waals surface area contributed by atoms with Gasteiger partial charge in [-0.2, -0.15) is 0 Å². The van der Waals surface area contributed by atoms with E-state index in [9.17, 15) is 19.8 Å². The molecule has 2 N–H and O–H groups in total. The highest BCUT2D eigenvalue weighted by Gasteiger charge is 2.53. The van der Waals surface area contributed by atoms with Gasteiger partial charge in [0, 0.05) is 11.8 Å². The summed E-state index contributed by atoms with van der Waals surface area (Å²) in [5.41, 5.74) is 1.43. The zero-order valence-corrected chi connectivity index (χ0v) is 13.3. The first kappa shape index (κ1) is 15.1. The fourth-order valence-corrected chi connectivity index (χ4v) is 4.70. The highest BCUT2D eigenvalue weighted by molar-refractivity contribution is 5.91. The summed E-state index contributed by atoms with van der Waals surface area (Å²) in [4.78, 5) is 23.5. The molecule has 0 amide bonds. The lowest BCUT2D eigenvalue weighted by molar-refractivity contribution is -0.137. The fraction of sp³-hybridized carbons (Fsp3) is 0.556. The molecule has 0 spiro atoms. The molecule has 2 aliphatic rings. The van der Waals surface area contributed by atoms with Crippen molar-refractivity contribution in [1.29, 1.82) is 0 Å². The number of ketones is 1. The van der Waals surface area contributed by atoms with Gasteiger partial charge in [0.1, 0.15) is 17.1 Å². The van der Waals surface area contributed by atoms with Gasteiger partial charge in [0.15, 0.2) is 0 Å². The average molecular weight is 302 g/mol. The van der Waals surface area contributed by atoms with E-state index in [4.69, 9.17) is 0 Å². The van der Waals surface area contributed by atoms with Crippen LogP contribution in [0.15, 0.2) is 12.1 Å². The lowest BCUT2D eigenvalue weighted by Gasteiger charge is -2.53. The Bertz CT molecular complexity index is 674. The number of hydrogen-bond acceptors (Lipinski definition) is 3. The number of carbonyl (C=O) groups excluding carboxylic acids is 1. The summed E-state index contributed by atoms with van der Waals surface area (Å²) < 4.78 is 0. The summed E-state index contributed by atoms with van der Waals surface area (Å²) in [5.74, 6) is -0.747. The molecule has 2 aliphatic carbocycles. The van der Waals surface area contributed by atoms with Gasteiger partial charge in [0.2, 0.25) is 0 Å². The predicted molar refractivity (Wildman–Crippen MR) is 82.3 cm³/mol. The maximum Gasteiger partial charge on any atom is 0.339 e. The molecule has 2 unspecified atom stereocenters. The number of phenols is 1. The van der Waals surface area contributed by atoms with Gasteiger partial charge < -0.3 is 10.2 Å². The third-order valence-electron chi connectivity index (χ3n) is 6.00. The number of carbonyl (C=O) groups is 2. The van der Waals surface area contributed by atoms with E-state index in [0.717, 1.165) is 30.4 Å². The topological polar surface area (TPSA) is 74.6 Å². The van der Waals surface area contributed by atoms with Crippen molar-refractivity contribution in [3.63, 3.8) is 0 Å². The molecule has 0 aromatic heterocycles. The summed E-state index contributed by atoms with van der Waals surface area (Å²) in [6, 6.07) is 3.23. The van der Waals surface area contributed by atoms with Gasteiger partial charge in [-0.25, -0.2) is 4.79 Å². The van der Waals surface area contributed by atoms with Crippen molar-refractivity contribution in [2.24, 2.45) is 11.3 Å². The number of rotatable bonds is 1. The smallest absolute Gasteiger partial charge is 0.339 e. The minimum absolute atomic E-state index is 0.0352. The number of aromatic carboxylic acids is 1. The SMILES string of the molecule is CC1(C)C(=O)CCC2(C)c3cc(O)c(C(=O)O)cc3CCC12. The first-order chi connectivity index (χ1) is 10.2. The molecule has 0 radical (unpaired) electrons. The van der Waals surface area contributed by atoms with Gasteiger partial charge >= 0.3 is 5.97 Å². The van der Waals surface area contributed by atoms with E-state index >= 15 is 0 Å². The van der Waals surface area contributed by atoms with Crippen LogP contribution >= 0.6 is 0 Å². The standard InChI is InChI=1S/C18H22O4/c1-17(2)14-5-4-10-8-11(16(21)22)13(19)9-12(10)18(14,3)7-6-15(17)20/h8-9,14,19H,4-7H2,1-3H3,(H,21,22). The Kier molecular flexibility index (Phi) is 3.13. The molecule has 1 fully saturated rings. The second-order valence-corrected chi connectivity index (χ2v) is 7.49. The van der Waals surface area contributed by atoms with Crippen LogP contribution in [0.3, 0.4) is 0 Å². The number of carboxylic acid groups (broad SMARTS) is 1. The molecule has 0 heterocycles. The van der Waals surface area contributed by atoms with E-state index in [1.165, 1.54) is 0 Å². The lowest BCUT2D eigenvalue weighted by Crippen LogP contribution is -2.52. The highest BCUT2D eigenvalue weighted by Crippen LogP contribution is 2.56. The third kappa shape index (κ3) is 1.89. The lowest BCUT2D eigenvalue weighted by atomic mass is 9.50. The highest BCUT2D eigenvalue weighted by atomic mass is 16.4. The molecule has 0 aliphatic heterocycles. The molecule has 2 atom stereocenters. The Labute approximate surface area is 130 Å². The molecule has 1 aromatic rings. The van der Waals surface area contributed by atoms with Crippen molar-refractivity contribution in [1.82, 2.24) is 0 Å². The van der Waals surface area contributed by atoms with Crippen molar-refractivity contribution in [3.05, 3.63) is 28.8 Å². The van der Waals surface area contributed by atoms with Gasteiger partial charge in [-0.3, -0.25) is 4.79 Å². The van der Waals surface area contributed by atoms with E-state index in [2.05, 4.69) is 6.92 Å². The van der Waals surface area contributed by atoms with Crippen LogP contribution in [0.4, 0.5) is 0 Å². The fourth-order valence-electron chi connectivity index (χ4n) is 4.70. The van der Waals surface area contributed by atoms with Crippen molar-refractivity contribution in [3.8, 4) is 5.75 Å². The molecule has 1 saturated carbocycles. The van der Waals surface area contributed by atoms with Crippen LogP contribution < -0.4 is 0 Å². The maximum atomic E-state index is 12.3. The Balaban J connectivity index is 2.15. The Morgan fingerprint density at radius 2 is 1.91 bits per heavy atom. The molecule has 3 rings (SSSR count). The second kappa shape index (κ2) is 4.58. The van der Waals surface area contributed by atoms with E-state index in [0.29, 0.717) is 12.2 Å². The Hall–Kier alpha value is -1.84. The van der Waals surface area contributed by atoms with Crippen molar-refractivity contribution >= 4 is 11.8 Å². The first-order valence-corrected chi connectivity index (χ1v) is 7.81. The summed E-state index contributed by atoms with van der Waals surface area (Å²) in [6.45, 7) is 6.20. The monoisotopic (exact) mass is 302 g/mol. The molecule has 4 nitrogen and oxygen atoms in total. The number of carboxylic acids is 1. The molecular weight excluding hydrogens is 280 g/mol. The summed E-state index contributed by atoms with van der Waals surface area (Å²) >= 11 is 0. The maximum absolute atomic E-state index is 12.3. The predicted octanol–water partition coefficient (Wildman–Crippen LogP) is 3.30. The molecule has 118 valence electrons. The average Bonchev–Trinajstić information content (AvgIpc) is 2.43. The molecular formula is C18H22O4. The van der Waals surface area contributed by atoms with E-state index in [-0.39, 0.29) is 28.1 Å². The van der Waals surface area contributed by atoms with Gasteiger partial charge in [0.05, 0.1) is 0 Å². The van der Waals surface area contributed by atoms with Crippen LogP contribution in [0.5, 0.6) is 5.75 Å². The van der Waals surface area contributed by atoms with Crippen LogP contribution in [0.25, 0.3) is 0 Å². The zero-order chi connectivity index (χ0) is 16.3. The number of aromatic hydroxyl groups is 1. The zero-order valence-electron chi connectivity index (χ0n) is 13.3. The minimum atomic E-state index is -1.10. The Morgan fingerprint density at radius 3 is 2.55 bits per heavy atom. The van der Waals surface area contributed by atoms with E-state index in [1.54, 1.807) is 12.1 Å². The molecule has 0 bridgehead atoms. The van der Waals surface area contributed by atoms with Crippen LogP contribution in [-0.2, 0) is 16.6 Å². The van der Waals surface area contributed by atoms with Crippen molar-refractivity contribution in [2.75, 3.05) is 0 Å². The van der Waals surface area contributed by atoms with E-state index < -0.39 is 5.97 Å². The minimum Gasteiger partial charge on any atom is -0.507 e. The molecule has 4 heteroatoms. The number of Topliss-reactive ketones (excluding diaryl/α,β-unsaturated/α-hetero) is 1. The quantitative estimate of drug-likeness (QED) is 0.834.